The first-order chi connectivity index (χ1) is 14.0. The predicted molar refractivity (Wildman–Crippen MR) is 117 cm³/mol. The highest BCUT2D eigenvalue weighted by Gasteiger charge is 2.14. The average molecular weight is 390 g/mol. The number of carbonyl (C=O) groups is 2. The number of rotatable bonds is 7. The number of hydrogen-bond donors (Lipinski definition) is 2. The van der Waals surface area contributed by atoms with Gasteiger partial charge in [-0.2, -0.15) is 0 Å². The summed E-state index contributed by atoms with van der Waals surface area (Å²) in [7, 11) is 3.94. The summed E-state index contributed by atoms with van der Waals surface area (Å²) in [5.74, 6) is -0.142. The van der Waals surface area contributed by atoms with E-state index in [1.165, 1.54) is 0 Å². The quantitative estimate of drug-likeness (QED) is 0.647. The van der Waals surface area contributed by atoms with Gasteiger partial charge in [0, 0.05) is 36.1 Å². The summed E-state index contributed by atoms with van der Waals surface area (Å²) < 4.78 is 0. The fourth-order valence-electron chi connectivity index (χ4n) is 2.97. The first kappa shape index (κ1) is 20.5. The SMILES string of the molecule is CCC(=O)Nc1ccc(-c2cc(C(=O)NCCN(C)C)c3ccccc3n2)cc1. The van der Waals surface area contributed by atoms with Gasteiger partial charge < -0.3 is 15.5 Å². The number of anilines is 1. The first-order valence-corrected chi connectivity index (χ1v) is 9.71. The number of aromatic nitrogens is 1. The topological polar surface area (TPSA) is 74.3 Å². The van der Waals surface area contributed by atoms with Crippen molar-refractivity contribution in [3.63, 3.8) is 0 Å². The molecule has 150 valence electrons. The molecule has 29 heavy (non-hydrogen) atoms. The van der Waals surface area contributed by atoms with E-state index in [9.17, 15) is 9.59 Å². The second kappa shape index (κ2) is 9.30. The number of nitrogens with zero attached hydrogens (tertiary/aromatic N) is 2. The van der Waals surface area contributed by atoms with Crippen LogP contribution in [0.1, 0.15) is 23.7 Å². The van der Waals surface area contributed by atoms with E-state index < -0.39 is 0 Å². The number of para-hydroxylation sites is 1. The zero-order valence-electron chi connectivity index (χ0n) is 17.0. The maximum absolute atomic E-state index is 12.8. The number of pyridine rings is 1. The Balaban J connectivity index is 1.92. The molecule has 6 heteroatoms. The van der Waals surface area contributed by atoms with E-state index in [1.54, 1.807) is 0 Å². The van der Waals surface area contributed by atoms with Crippen LogP contribution in [0.3, 0.4) is 0 Å². The highest BCUT2D eigenvalue weighted by molar-refractivity contribution is 6.07. The van der Waals surface area contributed by atoms with Gasteiger partial charge >= 0.3 is 0 Å². The molecule has 0 aliphatic rings. The Morgan fingerprint density at radius 1 is 1.03 bits per heavy atom. The van der Waals surface area contributed by atoms with Crippen molar-refractivity contribution in [3.05, 3.63) is 60.2 Å². The van der Waals surface area contributed by atoms with E-state index in [1.807, 2.05) is 80.5 Å². The van der Waals surface area contributed by atoms with Crippen LogP contribution >= 0.6 is 0 Å². The van der Waals surface area contributed by atoms with Crippen molar-refractivity contribution in [1.82, 2.24) is 15.2 Å². The van der Waals surface area contributed by atoms with Gasteiger partial charge in [0.15, 0.2) is 0 Å². The first-order valence-electron chi connectivity index (χ1n) is 9.71. The summed E-state index contributed by atoms with van der Waals surface area (Å²) in [5, 5.41) is 6.64. The molecule has 0 saturated heterocycles. The van der Waals surface area contributed by atoms with Gasteiger partial charge in [-0.25, -0.2) is 4.98 Å². The summed E-state index contributed by atoms with van der Waals surface area (Å²) in [6.07, 6.45) is 0.431. The average Bonchev–Trinajstić information content (AvgIpc) is 2.73. The van der Waals surface area contributed by atoms with E-state index in [4.69, 9.17) is 4.98 Å². The normalized spacial score (nSPS) is 10.9. The maximum Gasteiger partial charge on any atom is 0.252 e. The van der Waals surface area contributed by atoms with Crippen LogP contribution in [-0.4, -0.2) is 48.9 Å². The van der Waals surface area contributed by atoms with Crippen molar-refractivity contribution < 1.29 is 9.59 Å². The lowest BCUT2D eigenvalue weighted by Gasteiger charge is -2.13. The Kier molecular flexibility index (Phi) is 6.57. The largest absolute Gasteiger partial charge is 0.351 e. The minimum Gasteiger partial charge on any atom is -0.351 e. The maximum atomic E-state index is 12.8. The molecule has 0 spiro atoms. The molecule has 1 aromatic heterocycles. The van der Waals surface area contributed by atoms with Crippen LogP contribution in [0, 0.1) is 0 Å². The molecular weight excluding hydrogens is 364 g/mol. The van der Waals surface area contributed by atoms with Gasteiger partial charge in [0.2, 0.25) is 5.91 Å². The number of amides is 2. The van der Waals surface area contributed by atoms with Crippen molar-refractivity contribution in [1.29, 1.82) is 0 Å². The summed E-state index contributed by atoms with van der Waals surface area (Å²) in [5.41, 5.74) is 3.71. The molecule has 1 heterocycles. The number of carbonyl (C=O) groups excluding carboxylic acids is 2. The number of nitrogens with one attached hydrogen (secondary N) is 2. The Hall–Kier alpha value is -3.25. The Bertz CT molecular complexity index is 1010. The Labute approximate surface area is 170 Å². The van der Waals surface area contributed by atoms with Crippen molar-refractivity contribution in [2.75, 3.05) is 32.5 Å². The molecular formula is C23H26N4O2. The van der Waals surface area contributed by atoms with Crippen molar-refractivity contribution >= 4 is 28.4 Å². The number of likely N-dealkylation sites (N-methyl/N-ethyl adjacent to an activating group) is 1. The Morgan fingerprint density at radius 3 is 2.45 bits per heavy atom. The number of benzene rings is 2. The third-order valence-electron chi connectivity index (χ3n) is 4.59. The molecule has 0 radical (unpaired) electrons. The van der Waals surface area contributed by atoms with E-state index in [-0.39, 0.29) is 11.8 Å². The summed E-state index contributed by atoms with van der Waals surface area (Å²) >= 11 is 0. The minimum absolute atomic E-state index is 0.0294. The van der Waals surface area contributed by atoms with Crippen LogP contribution in [-0.2, 0) is 4.79 Å². The lowest BCUT2D eigenvalue weighted by molar-refractivity contribution is -0.115. The van der Waals surface area contributed by atoms with Gasteiger partial charge in [-0.3, -0.25) is 9.59 Å². The second-order valence-electron chi connectivity index (χ2n) is 7.11. The van der Waals surface area contributed by atoms with E-state index in [0.717, 1.165) is 34.4 Å². The molecule has 6 nitrogen and oxygen atoms in total. The van der Waals surface area contributed by atoms with E-state index in [0.29, 0.717) is 18.5 Å². The summed E-state index contributed by atoms with van der Waals surface area (Å²) in [4.78, 5) is 31.1. The van der Waals surface area contributed by atoms with E-state index >= 15 is 0 Å². The van der Waals surface area contributed by atoms with Crippen LogP contribution in [0.2, 0.25) is 0 Å². The zero-order chi connectivity index (χ0) is 20.8. The highest BCUT2D eigenvalue weighted by atomic mass is 16.2. The highest BCUT2D eigenvalue weighted by Crippen LogP contribution is 2.26. The zero-order valence-corrected chi connectivity index (χ0v) is 17.0. The standard InChI is InChI=1S/C23H26N4O2/c1-4-22(28)25-17-11-9-16(10-12-17)21-15-19(23(29)24-13-14-27(2)3)18-7-5-6-8-20(18)26-21/h5-12,15H,4,13-14H2,1-3H3,(H,24,29)(H,25,28). The lowest BCUT2D eigenvalue weighted by Crippen LogP contribution is -2.31. The van der Waals surface area contributed by atoms with Crippen molar-refractivity contribution in [2.24, 2.45) is 0 Å². The number of fused-ring (bicyclic) bond motifs is 1. The summed E-state index contributed by atoms with van der Waals surface area (Å²) in [6.45, 7) is 3.16. The van der Waals surface area contributed by atoms with Crippen LogP contribution in [0.4, 0.5) is 5.69 Å². The molecule has 3 aromatic rings. The monoisotopic (exact) mass is 390 g/mol. The van der Waals surface area contributed by atoms with Crippen LogP contribution in [0.5, 0.6) is 0 Å². The molecule has 2 amide bonds. The molecule has 0 saturated carbocycles. The van der Waals surface area contributed by atoms with Gasteiger partial charge in [0.1, 0.15) is 0 Å². The number of hydrogen-bond acceptors (Lipinski definition) is 4. The predicted octanol–water partition coefficient (Wildman–Crippen LogP) is 3.54. The third kappa shape index (κ3) is 5.18. The molecule has 2 aromatic carbocycles. The van der Waals surface area contributed by atoms with Crippen LogP contribution in [0.15, 0.2) is 54.6 Å². The second-order valence-corrected chi connectivity index (χ2v) is 7.11. The Morgan fingerprint density at radius 2 is 1.76 bits per heavy atom. The third-order valence-corrected chi connectivity index (χ3v) is 4.59. The fourth-order valence-corrected chi connectivity index (χ4v) is 2.97. The molecule has 0 atom stereocenters. The van der Waals surface area contributed by atoms with Crippen molar-refractivity contribution in [2.45, 2.75) is 13.3 Å². The summed E-state index contributed by atoms with van der Waals surface area (Å²) in [6, 6.07) is 17.0. The fraction of sp³-hybridized carbons (Fsp3) is 0.261. The van der Waals surface area contributed by atoms with Crippen molar-refractivity contribution in [3.8, 4) is 11.3 Å². The van der Waals surface area contributed by atoms with Gasteiger partial charge in [0.25, 0.3) is 5.91 Å². The molecule has 0 unspecified atom stereocenters. The van der Waals surface area contributed by atoms with E-state index in [2.05, 4.69) is 10.6 Å². The minimum atomic E-state index is -0.112. The lowest BCUT2D eigenvalue weighted by atomic mass is 10.0. The molecule has 0 aliphatic heterocycles. The molecule has 0 fully saturated rings. The van der Waals surface area contributed by atoms with Crippen LogP contribution in [0.25, 0.3) is 22.2 Å². The van der Waals surface area contributed by atoms with Gasteiger partial charge in [-0.1, -0.05) is 37.3 Å². The molecule has 0 aliphatic carbocycles. The molecule has 0 bridgehead atoms. The smallest absolute Gasteiger partial charge is 0.252 e. The molecule has 2 N–H and O–H groups in total. The van der Waals surface area contributed by atoms with Gasteiger partial charge in [-0.15, -0.1) is 0 Å². The van der Waals surface area contributed by atoms with Gasteiger partial charge in [0.05, 0.1) is 16.8 Å². The molecule has 3 rings (SSSR count). The van der Waals surface area contributed by atoms with Crippen LogP contribution < -0.4 is 10.6 Å². The van der Waals surface area contributed by atoms with Gasteiger partial charge in [-0.05, 0) is 38.4 Å².